The molecule has 0 spiro atoms. The molecule has 2 nitrogen and oxygen atoms in total. The van der Waals surface area contributed by atoms with Crippen LogP contribution in [0.25, 0.3) is 22.5 Å². The molecule has 2 aromatic carbocycles. The van der Waals surface area contributed by atoms with Crippen LogP contribution in [-0.4, -0.2) is 9.97 Å². The molecule has 0 aliphatic carbocycles. The van der Waals surface area contributed by atoms with Crippen molar-refractivity contribution in [1.82, 2.24) is 9.97 Å². The molecule has 0 N–H and O–H groups in total. The second-order valence-electron chi connectivity index (χ2n) is 5.16. The number of hydrogen-bond acceptors (Lipinski definition) is 2. The Morgan fingerprint density at radius 2 is 0.760 bits per heavy atom. The summed E-state index contributed by atoms with van der Waals surface area (Å²) in [5, 5.41) is 0. The van der Waals surface area contributed by atoms with E-state index in [1.807, 2.05) is 85.2 Å². The maximum absolute atomic E-state index is 4.25. The maximum atomic E-state index is 4.25. The van der Waals surface area contributed by atoms with E-state index in [0.717, 1.165) is 22.5 Å². The minimum atomic E-state index is 0. The van der Waals surface area contributed by atoms with E-state index in [0.29, 0.717) is 0 Å². The standard InChI is InChI=1S/2C11H9N.Ru/c2*1-2-6-10(7-3-1)11-8-4-5-9-12-11;/h2*1-9H;. The average molecular weight is 411 g/mol. The zero-order valence-corrected chi connectivity index (χ0v) is 15.4. The maximum Gasteiger partial charge on any atom is 0.0701 e. The minimum absolute atomic E-state index is 0. The first-order chi connectivity index (χ1) is 11.9. The fourth-order valence-electron chi connectivity index (χ4n) is 2.28. The van der Waals surface area contributed by atoms with Gasteiger partial charge in [0.2, 0.25) is 0 Å². The Kier molecular flexibility index (Phi) is 7.68. The van der Waals surface area contributed by atoms with Crippen LogP contribution in [0.5, 0.6) is 0 Å². The summed E-state index contributed by atoms with van der Waals surface area (Å²) in [7, 11) is 0. The molecule has 0 bridgehead atoms. The molecule has 3 heteroatoms. The van der Waals surface area contributed by atoms with Crippen LogP contribution in [0.2, 0.25) is 0 Å². The van der Waals surface area contributed by atoms with Crippen LogP contribution in [0.15, 0.2) is 109 Å². The predicted octanol–water partition coefficient (Wildman–Crippen LogP) is 5.49. The third-order valence-electron chi connectivity index (χ3n) is 3.47. The largest absolute Gasteiger partial charge is 0.256 e. The number of benzene rings is 2. The topological polar surface area (TPSA) is 25.8 Å². The van der Waals surface area contributed by atoms with E-state index in [2.05, 4.69) is 34.2 Å². The summed E-state index contributed by atoms with van der Waals surface area (Å²) < 4.78 is 0. The number of aromatic nitrogens is 2. The van der Waals surface area contributed by atoms with Gasteiger partial charge in [-0.25, -0.2) is 0 Å². The van der Waals surface area contributed by atoms with Gasteiger partial charge in [0.1, 0.15) is 0 Å². The summed E-state index contributed by atoms with van der Waals surface area (Å²) in [6.45, 7) is 0. The molecule has 0 atom stereocenters. The molecule has 2 heterocycles. The van der Waals surface area contributed by atoms with E-state index < -0.39 is 0 Å². The Hall–Kier alpha value is -2.64. The fraction of sp³-hybridized carbons (Fsp3) is 0. The first-order valence-electron chi connectivity index (χ1n) is 7.86. The molecule has 0 amide bonds. The van der Waals surface area contributed by atoms with Crippen LogP contribution in [0.4, 0.5) is 0 Å². The van der Waals surface area contributed by atoms with Crippen molar-refractivity contribution in [2.75, 3.05) is 0 Å². The summed E-state index contributed by atoms with van der Waals surface area (Å²) in [5.41, 5.74) is 4.38. The first kappa shape index (κ1) is 18.7. The van der Waals surface area contributed by atoms with Gasteiger partial charge in [0.05, 0.1) is 11.4 Å². The van der Waals surface area contributed by atoms with E-state index in [-0.39, 0.29) is 19.5 Å². The van der Waals surface area contributed by atoms with E-state index in [1.54, 1.807) is 0 Å². The van der Waals surface area contributed by atoms with Gasteiger partial charge in [-0.2, -0.15) is 0 Å². The predicted molar refractivity (Wildman–Crippen MR) is 99.3 cm³/mol. The molecule has 0 unspecified atom stereocenters. The quantitative estimate of drug-likeness (QED) is 0.408. The summed E-state index contributed by atoms with van der Waals surface area (Å²) >= 11 is 0. The van der Waals surface area contributed by atoms with E-state index in [4.69, 9.17) is 0 Å². The Bertz CT molecular complexity index is 686. The second-order valence-corrected chi connectivity index (χ2v) is 5.16. The van der Waals surface area contributed by atoms with Gasteiger partial charge in [-0.15, -0.1) is 0 Å². The molecule has 0 fully saturated rings. The van der Waals surface area contributed by atoms with Crippen molar-refractivity contribution in [3.8, 4) is 22.5 Å². The van der Waals surface area contributed by atoms with Crippen molar-refractivity contribution in [3.63, 3.8) is 0 Å². The summed E-state index contributed by atoms with van der Waals surface area (Å²) in [6.07, 6.45) is 3.62. The van der Waals surface area contributed by atoms with Crippen molar-refractivity contribution < 1.29 is 19.5 Å². The zero-order chi connectivity index (χ0) is 16.5. The van der Waals surface area contributed by atoms with E-state index in [1.165, 1.54) is 0 Å². The van der Waals surface area contributed by atoms with Crippen LogP contribution in [-0.2, 0) is 19.5 Å². The second kappa shape index (κ2) is 10.3. The summed E-state index contributed by atoms with van der Waals surface area (Å²) in [5.74, 6) is 0. The normalized spacial score (nSPS) is 9.28. The Morgan fingerprint density at radius 3 is 1.08 bits per heavy atom. The Balaban J connectivity index is 0.000000173. The number of rotatable bonds is 2. The van der Waals surface area contributed by atoms with Crippen LogP contribution in [0, 0.1) is 0 Å². The smallest absolute Gasteiger partial charge is 0.0701 e. The molecule has 0 saturated heterocycles. The third kappa shape index (κ3) is 5.74. The van der Waals surface area contributed by atoms with Crippen molar-refractivity contribution in [2.24, 2.45) is 0 Å². The van der Waals surface area contributed by atoms with Gasteiger partial charge in [-0.1, -0.05) is 72.8 Å². The molecular formula is C22H18N2Ru. The number of nitrogens with zero attached hydrogens (tertiary/aromatic N) is 2. The molecule has 0 saturated carbocycles. The Morgan fingerprint density at radius 1 is 0.400 bits per heavy atom. The van der Waals surface area contributed by atoms with Gasteiger partial charge >= 0.3 is 0 Å². The van der Waals surface area contributed by atoms with Crippen LogP contribution in [0.3, 0.4) is 0 Å². The van der Waals surface area contributed by atoms with Crippen LogP contribution < -0.4 is 0 Å². The Labute approximate surface area is 161 Å². The monoisotopic (exact) mass is 412 g/mol. The molecular weight excluding hydrogens is 393 g/mol. The first-order valence-corrected chi connectivity index (χ1v) is 7.86. The minimum Gasteiger partial charge on any atom is -0.256 e. The summed E-state index contributed by atoms with van der Waals surface area (Å²) in [6, 6.07) is 32.2. The van der Waals surface area contributed by atoms with Gasteiger partial charge in [0.25, 0.3) is 0 Å². The van der Waals surface area contributed by atoms with Crippen molar-refractivity contribution >= 4 is 0 Å². The third-order valence-corrected chi connectivity index (χ3v) is 3.47. The molecule has 2 aromatic heterocycles. The summed E-state index contributed by atoms with van der Waals surface area (Å²) in [4.78, 5) is 8.50. The van der Waals surface area contributed by atoms with Crippen molar-refractivity contribution in [1.29, 1.82) is 0 Å². The van der Waals surface area contributed by atoms with E-state index >= 15 is 0 Å². The van der Waals surface area contributed by atoms with Gasteiger partial charge in [-0.3, -0.25) is 9.97 Å². The SMILES string of the molecule is [Ru].c1ccc(-c2ccccn2)cc1.c1ccc(-c2ccccn2)cc1. The molecule has 0 aliphatic rings. The van der Waals surface area contributed by atoms with Gasteiger partial charge in [0, 0.05) is 43.0 Å². The van der Waals surface area contributed by atoms with Gasteiger partial charge < -0.3 is 0 Å². The molecule has 0 radical (unpaired) electrons. The van der Waals surface area contributed by atoms with Crippen molar-refractivity contribution in [2.45, 2.75) is 0 Å². The van der Waals surface area contributed by atoms with Gasteiger partial charge in [-0.05, 0) is 24.3 Å². The number of hydrogen-bond donors (Lipinski definition) is 0. The van der Waals surface area contributed by atoms with Crippen LogP contribution >= 0.6 is 0 Å². The molecule has 124 valence electrons. The van der Waals surface area contributed by atoms with Crippen LogP contribution in [0.1, 0.15) is 0 Å². The molecule has 0 aliphatic heterocycles. The molecule has 25 heavy (non-hydrogen) atoms. The van der Waals surface area contributed by atoms with Gasteiger partial charge in [0.15, 0.2) is 0 Å². The average Bonchev–Trinajstić information content (AvgIpc) is 2.71. The van der Waals surface area contributed by atoms with Crippen molar-refractivity contribution in [3.05, 3.63) is 109 Å². The zero-order valence-electron chi connectivity index (χ0n) is 13.6. The fourth-order valence-corrected chi connectivity index (χ4v) is 2.28. The number of pyridine rings is 2. The molecule has 4 aromatic rings. The van der Waals surface area contributed by atoms with E-state index in [9.17, 15) is 0 Å². The molecule has 4 rings (SSSR count).